The molecule has 1 N–H and O–H groups in total. The number of anilines is 1. The number of nitrogens with zero attached hydrogens (tertiary/aromatic N) is 4. The summed E-state index contributed by atoms with van der Waals surface area (Å²) in [5.74, 6) is 1.66. The molecule has 9 nitrogen and oxygen atoms in total. The third kappa shape index (κ3) is 3.77. The molecule has 0 radical (unpaired) electrons. The minimum absolute atomic E-state index is 0.0878. The second-order valence-electron chi connectivity index (χ2n) is 8.85. The molecule has 0 atom stereocenters. The van der Waals surface area contributed by atoms with Crippen LogP contribution in [0.2, 0.25) is 0 Å². The lowest BCUT2D eigenvalue weighted by molar-refractivity contribution is -0.115. The SMILES string of the molecule is Cc1oc(C2CC2)nc1CC(=O)Nc1cc(C(=O)c2cn(C3COC3)c3ccncc23)ccn1. The van der Waals surface area contributed by atoms with Crippen molar-refractivity contribution in [2.45, 2.75) is 38.1 Å². The molecule has 1 saturated carbocycles. The summed E-state index contributed by atoms with van der Waals surface area (Å²) in [6, 6.07) is 5.35. The highest BCUT2D eigenvalue weighted by Crippen LogP contribution is 2.40. The molecule has 4 aromatic heterocycles. The fourth-order valence-electron chi connectivity index (χ4n) is 4.22. The molecule has 1 saturated heterocycles. The van der Waals surface area contributed by atoms with Crippen LogP contribution in [0, 0.1) is 6.92 Å². The van der Waals surface area contributed by atoms with Crippen molar-refractivity contribution in [3.05, 3.63) is 71.5 Å². The van der Waals surface area contributed by atoms with E-state index >= 15 is 0 Å². The van der Waals surface area contributed by atoms with Crippen LogP contribution in [-0.2, 0) is 16.0 Å². The van der Waals surface area contributed by atoms with Gasteiger partial charge in [-0.15, -0.1) is 0 Å². The molecule has 2 aliphatic rings. The fourth-order valence-corrected chi connectivity index (χ4v) is 4.22. The van der Waals surface area contributed by atoms with Gasteiger partial charge in [0.1, 0.15) is 11.6 Å². The number of aryl methyl sites for hydroxylation is 1. The molecule has 172 valence electrons. The number of hydrogen-bond donors (Lipinski definition) is 1. The first kappa shape index (κ1) is 20.7. The maximum atomic E-state index is 13.4. The largest absolute Gasteiger partial charge is 0.445 e. The molecule has 0 aromatic carbocycles. The van der Waals surface area contributed by atoms with Crippen molar-refractivity contribution in [3.63, 3.8) is 0 Å². The highest BCUT2D eigenvalue weighted by atomic mass is 16.5. The predicted molar refractivity (Wildman–Crippen MR) is 123 cm³/mol. The number of nitrogens with one attached hydrogen (secondary N) is 1. The van der Waals surface area contributed by atoms with Crippen molar-refractivity contribution in [1.82, 2.24) is 19.5 Å². The van der Waals surface area contributed by atoms with Gasteiger partial charge in [0.2, 0.25) is 5.91 Å². The van der Waals surface area contributed by atoms with E-state index in [4.69, 9.17) is 9.15 Å². The van der Waals surface area contributed by atoms with Gasteiger partial charge in [0.15, 0.2) is 11.7 Å². The van der Waals surface area contributed by atoms with Crippen LogP contribution in [0.5, 0.6) is 0 Å². The Kier molecular flexibility index (Phi) is 4.99. The topological polar surface area (TPSA) is 112 Å². The third-order valence-electron chi connectivity index (χ3n) is 6.35. The van der Waals surface area contributed by atoms with Gasteiger partial charge < -0.3 is 19.0 Å². The molecule has 0 bridgehead atoms. The van der Waals surface area contributed by atoms with Gasteiger partial charge in [-0.3, -0.25) is 14.6 Å². The number of hydrogen-bond acceptors (Lipinski definition) is 7. The first-order valence-corrected chi connectivity index (χ1v) is 11.4. The Labute approximate surface area is 195 Å². The molecule has 34 heavy (non-hydrogen) atoms. The van der Waals surface area contributed by atoms with Crippen LogP contribution in [0.4, 0.5) is 5.82 Å². The van der Waals surface area contributed by atoms with Crippen molar-refractivity contribution in [3.8, 4) is 0 Å². The fraction of sp³-hybridized carbons (Fsp3) is 0.320. The summed E-state index contributed by atoms with van der Waals surface area (Å²) in [5.41, 5.74) is 2.57. The monoisotopic (exact) mass is 457 g/mol. The summed E-state index contributed by atoms with van der Waals surface area (Å²) in [4.78, 5) is 38.9. The Morgan fingerprint density at radius 2 is 2.06 bits per heavy atom. The minimum atomic E-state index is -0.262. The summed E-state index contributed by atoms with van der Waals surface area (Å²) < 4.78 is 13.1. The molecular formula is C25H23N5O4. The Hall–Kier alpha value is -3.85. The van der Waals surface area contributed by atoms with Crippen LogP contribution in [0.1, 0.15) is 58.1 Å². The molecule has 5 heterocycles. The zero-order valence-electron chi connectivity index (χ0n) is 18.7. The first-order valence-electron chi connectivity index (χ1n) is 11.4. The van der Waals surface area contributed by atoms with Gasteiger partial charge in [0.05, 0.1) is 36.9 Å². The van der Waals surface area contributed by atoms with Crippen molar-refractivity contribution in [1.29, 1.82) is 0 Å². The lowest BCUT2D eigenvalue weighted by Gasteiger charge is -2.28. The lowest BCUT2D eigenvalue weighted by atomic mass is 10.0. The number of pyridine rings is 2. The summed E-state index contributed by atoms with van der Waals surface area (Å²) in [7, 11) is 0. The van der Waals surface area contributed by atoms with Gasteiger partial charge in [-0.25, -0.2) is 9.97 Å². The van der Waals surface area contributed by atoms with E-state index in [2.05, 4.69) is 24.8 Å². The standard InChI is InChI=1S/C25H23N5O4/c1-14-20(28-25(34-14)15-2-3-15)9-23(31)29-22-8-16(4-7-27-22)24(32)19-11-30(17-12-33-13-17)21-5-6-26-10-18(19)21/h4-8,10-11,15,17H,2-3,9,12-13H2,1H3,(H,27,29,31). The van der Waals surface area contributed by atoms with Crippen LogP contribution in [0.15, 0.2) is 47.4 Å². The highest BCUT2D eigenvalue weighted by molar-refractivity contribution is 6.16. The van der Waals surface area contributed by atoms with Crippen molar-refractivity contribution in [2.75, 3.05) is 18.5 Å². The van der Waals surface area contributed by atoms with Gasteiger partial charge >= 0.3 is 0 Å². The van der Waals surface area contributed by atoms with Crippen LogP contribution in [0.25, 0.3) is 10.9 Å². The second-order valence-corrected chi connectivity index (χ2v) is 8.85. The smallest absolute Gasteiger partial charge is 0.231 e. The second kappa shape index (κ2) is 8.18. The molecule has 1 aliphatic carbocycles. The third-order valence-corrected chi connectivity index (χ3v) is 6.35. The van der Waals surface area contributed by atoms with Crippen LogP contribution in [0.3, 0.4) is 0 Å². The summed E-state index contributed by atoms with van der Waals surface area (Å²) in [5, 5.41) is 3.57. The quantitative estimate of drug-likeness (QED) is 0.422. The predicted octanol–water partition coefficient (Wildman–Crippen LogP) is 3.59. The normalized spacial score (nSPS) is 15.9. The van der Waals surface area contributed by atoms with Crippen molar-refractivity contribution >= 4 is 28.4 Å². The molecular weight excluding hydrogens is 434 g/mol. The van der Waals surface area contributed by atoms with E-state index in [1.54, 1.807) is 24.5 Å². The number of oxazole rings is 1. The number of aromatic nitrogens is 4. The van der Waals surface area contributed by atoms with E-state index in [0.29, 0.717) is 53.4 Å². The first-order chi connectivity index (χ1) is 16.6. The van der Waals surface area contributed by atoms with Gasteiger partial charge in [-0.05, 0) is 38.0 Å². The average Bonchev–Trinajstić information content (AvgIpc) is 3.50. The zero-order chi connectivity index (χ0) is 23.2. The van der Waals surface area contributed by atoms with Gasteiger partial charge in [0.25, 0.3) is 0 Å². The van der Waals surface area contributed by atoms with Crippen molar-refractivity contribution < 1.29 is 18.7 Å². The molecule has 1 amide bonds. The number of amides is 1. The highest BCUT2D eigenvalue weighted by Gasteiger charge is 2.30. The minimum Gasteiger partial charge on any atom is -0.445 e. The van der Waals surface area contributed by atoms with E-state index < -0.39 is 0 Å². The van der Waals surface area contributed by atoms with E-state index in [-0.39, 0.29) is 24.2 Å². The van der Waals surface area contributed by atoms with E-state index in [9.17, 15) is 9.59 Å². The average molecular weight is 457 g/mol. The molecule has 6 rings (SSSR count). The Morgan fingerprint density at radius 1 is 1.21 bits per heavy atom. The molecule has 2 fully saturated rings. The molecule has 4 aromatic rings. The van der Waals surface area contributed by atoms with E-state index in [0.717, 1.165) is 23.7 Å². The van der Waals surface area contributed by atoms with Crippen molar-refractivity contribution in [2.24, 2.45) is 0 Å². The van der Waals surface area contributed by atoms with Gasteiger partial charge in [-0.1, -0.05) is 0 Å². The summed E-state index contributed by atoms with van der Waals surface area (Å²) in [6.07, 6.45) is 9.07. The maximum Gasteiger partial charge on any atom is 0.231 e. The Morgan fingerprint density at radius 3 is 2.82 bits per heavy atom. The number of ether oxygens (including phenoxy) is 1. The number of rotatable bonds is 7. The number of fused-ring (bicyclic) bond motifs is 1. The molecule has 0 spiro atoms. The zero-order valence-corrected chi connectivity index (χ0v) is 18.7. The van der Waals surface area contributed by atoms with Crippen LogP contribution >= 0.6 is 0 Å². The number of carbonyl (C=O) groups excluding carboxylic acids is 2. The number of carbonyl (C=O) groups is 2. The van der Waals surface area contributed by atoms with Crippen LogP contribution < -0.4 is 5.32 Å². The summed E-state index contributed by atoms with van der Waals surface area (Å²) >= 11 is 0. The lowest BCUT2D eigenvalue weighted by Crippen LogP contribution is -2.30. The molecule has 0 unspecified atom stereocenters. The Balaban J connectivity index is 1.22. The molecule has 1 aliphatic heterocycles. The van der Waals surface area contributed by atoms with Crippen LogP contribution in [-0.4, -0.2) is 44.4 Å². The van der Waals surface area contributed by atoms with Gasteiger partial charge in [-0.2, -0.15) is 0 Å². The Bertz CT molecular complexity index is 1410. The number of ketones is 1. The van der Waals surface area contributed by atoms with E-state index in [1.165, 1.54) is 6.20 Å². The maximum absolute atomic E-state index is 13.4. The van der Waals surface area contributed by atoms with E-state index in [1.807, 2.05) is 19.2 Å². The summed E-state index contributed by atoms with van der Waals surface area (Å²) in [6.45, 7) is 3.07. The van der Waals surface area contributed by atoms with Gasteiger partial charge in [0, 0.05) is 47.2 Å². The molecule has 9 heteroatoms.